The van der Waals surface area contributed by atoms with E-state index >= 15 is 0 Å². The molecule has 27 nitrogen and oxygen atoms in total. The Bertz CT molecular complexity index is 5110. The van der Waals surface area contributed by atoms with E-state index < -0.39 is 85.0 Å². The number of anilines is 6. The number of hydrogen-bond acceptors (Lipinski definition) is 23. The molecule has 572 valence electrons. The molecule has 8 N–H and O–H groups in total. The maximum Gasteiger partial charge on any atom is 0.260 e. The van der Waals surface area contributed by atoms with Gasteiger partial charge in [-0.25, -0.2) is 44.5 Å². The standard InChI is InChI=1S/C68H58Br4Cl2N10O17S8/c69-53-27-39(28-54(70)65(53)87)35-75-81-61(85)37-83(51-21-13-45(73)14-22-51)67(104)79-49-19-11-43(59(33-49)108(95,96)97)7-5-41-9-17-47(31-57(41)106(89,90)91)77-63(102)3-1-25-101-26-2-4-64(103)78-48-18-10-42(58(32-48)107(92,93)94)6-8-44-12-20-50(34-60(44)109(98,99)100)80-68(105)84(52-23-15-46(74)16-24-52)38-62(86)82-76-36-40-29-55(71)66(88)56(72)30-40/h5-24,27-36,87-88H,1-4,25-26,37-38H2,(H,77,102)(H,78,103)(H,79,104)(H,80,105)(H,81,85)(H,82,86)(H,89,90,91)(H,92,93,94)(H,95,96,97)(H,98,99,100)/p-4/b7-5+,8-6+,75-35-,76-36-. The van der Waals surface area contributed by atoms with Gasteiger partial charge in [-0.1, -0.05) is 96.2 Å². The summed E-state index contributed by atoms with van der Waals surface area (Å²) >= 11 is 47.4. The number of nitrogens with one attached hydrogen (secondary N) is 6. The van der Waals surface area contributed by atoms with Gasteiger partial charge in [0.25, 0.3) is 11.8 Å². The number of ether oxygens (including phenoxy) is 1. The third-order valence-corrected chi connectivity index (χ3v) is 22.5. The van der Waals surface area contributed by atoms with E-state index in [2.05, 4.69) is 106 Å². The van der Waals surface area contributed by atoms with Gasteiger partial charge < -0.3 is 64.2 Å². The molecule has 8 rings (SSSR count). The van der Waals surface area contributed by atoms with Crippen molar-refractivity contribution in [3.05, 3.63) is 207 Å². The van der Waals surface area contributed by atoms with Gasteiger partial charge in [-0.2, -0.15) is 10.2 Å². The molecule has 0 radical (unpaired) electrons. The summed E-state index contributed by atoms with van der Waals surface area (Å²) in [6.07, 6.45) is 8.43. The highest BCUT2D eigenvalue weighted by Crippen LogP contribution is 2.36. The van der Waals surface area contributed by atoms with Crippen LogP contribution >= 0.6 is 136 Å². The molecule has 2 amide bonds. The van der Waals surface area contributed by atoms with E-state index in [-0.39, 0.29) is 103 Å². The summed E-state index contributed by atoms with van der Waals surface area (Å²) in [5.74, 6) is -1.37. The topological polar surface area (TPSA) is 416 Å². The number of thiocarbonyl (C=S) groups is 4. The molecule has 0 fully saturated rings. The summed E-state index contributed by atoms with van der Waals surface area (Å²) in [4.78, 5) is 26.6. The number of nitrogens with zero attached hydrogens (tertiary/aromatic N) is 4. The third kappa shape index (κ3) is 26.3. The first-order chi connectivity index (χ1) is 51.3. The van der Waals surface area contributed by atoms with Crippen LogP contribution in [0.5, 0.6) is 11.5 Å². The van der Waals surface area contributed by atoms with Crippen LogP contribution in [0.4, 0.5) is 34.1 Å². The smallest absolute Gasteiger partial charge is 0.260 e. The summed E-state index contributed by atoms with van der Waals surface area (Å²) < 4.78 is 159. The van der Waals surface area contributed by atoms with Crippen LogP contribution in [0.25, 0.3) is 24.3 Å². The molecule has 41 heteroatoms. The lowest BCUT2D eigenvalue weighted by molar-refractivity contribution is -0.120. The number of hydrogen-bond donors (Lipinski definition) is 8. The Morgan fingerprint density at radius 3 is 0.991 bits per heavy atom. The van der Waals surface area contributed by atoms with Crippen molar-refractivity contribution in [1.29, 1.82) is 0 Å². The van der Waals surface area contributed by atoms with Gasteiger partial charge in [0.05, 0.1) is 59.9 Å². The Morgan fingerprint density at radius 2 is 0.716 bits per heavy atom. The zero-order valence-corrected chi connectivity index (χ0v) is 69.7. The third-order valence-electron chi connectivity index (χ3n) is 14.7. The van der Waals surface area contributed by atoms with Crippen LogP contribution in [0.2, 0.25) is 10.0 Å². The van der Waals surface area contributed by atoms with Crippen molar-refractivity contribution in [2.75, 3.05) is 57.4 Å². The number of hydrazone groups is 2. The van der Waals surface area contributed by atoms with E-state index in [9.17, 15) is 71.7 Å². The zero-order chi connectivity index (χ0) is 79.7. The number of phenols is 2. The van der Waals surface area contributed by atoms with Crippen LogP contribution < -0.4 is 41.9 Å². The number of phenolic OH excluding ortho intramolecular Hbond substituents is 2. The monoisotopic (exact) mass is 1920 g/mol. The fraction of sp³-hybridized carbons (Fsp3) is 0.118. The number of amides is 2. The van der Waals surface area contributed by atoms with Crippen molar-refractivity contribution in [3.8, 4) is 11.5 Å². The second-order valence-corrected chi connectivity index (χ2v) is 34.1. The lowest BCUT2D eigenvalue weighted by atomic mass is 10.1. The minimum Gasteiger partial charge on any atom is -0.744 e. The molecule has 0 aliphatic heterocycles. The summed E-state index contributed by atoms with van der Waals surface area (Å²) in [5, 5.41) is 39.9. The van der Waals surface area contributed by atoms with Crippen LogP contribution in [0, 0.1) is 0 Å². The number of aromatic hydroxyl groups is 2. The quantitative estimate of drug-likeness (QED) is 0.00517. The molecular weight excluding hydrogens is 1880 g/mol. The summed E-state index contributed by atoms with van der Waals surface area (Å²) in [5.41, 5.74) is 6.08. The van der Waals surface area contributed by atoms with Gasteiger partial charge in [-0.05, 0) is 256 Å². The van der Waals surface area contributed by atoms with E-state index in [1.165, 1.54) is 70.8 Å². The number of rotatable bonds is 30. The van der Waals surface area contributed by atoms with E-state index in [1.54, 1.807) is 72.8 Å². The molecular formula is C68H54Br4Cl2N10O17S8-4. The van der Waals surface area contributed by atoms with E-state index in [0.717, 1.165) is 48.6 Å². The highest BCUT2D eigenvalue weighted by atomic mass is 79.9. The van der Waals surface area contributed by atoms with Gasteiger partial charge >= 0.3 is 0 Å². The Labute approximate surface area is 690 Å². The molecule has 0 spiro atoms. The van der Waals surface area contributed by atoms with E-state index in [4.69, 9.17) is 76.8 Å². The normalized spacial score (nSPS) is 12.0. The lowest BCUT2D eigenvalue weighted by Crippen LogP contribution is -2.41. The van der Waals surface area contributed by atoms with Crippen LogP contribution in [0.1, 0.15) is 59.1 Å². The average Bonchev–Trinajstić information content (AvgIpc) is 0.836. The summed E-state index contributed by atoms with van der Waals surface area (Å²) in [7, 11) is -20.9. The highest BCUT2D eigenvalue weighted by molar-refractivity contribution is 9.11. The first-order valence-corrected chi connectivity index (χ1v) is 42.1. The molecule has 0 unspecified atom stereocenters. The molecule has 0 saturated heterocycles. The largest absolute Gasteiger partial charge is 0.744 e. The Morgan fingerprint density at radius 1 is 0.440 bits per heavy atom. The van der Waals surface area contributed by atoms with Gasteiger partial charge in [0, 0.05) is 70.2 Å². The summed E-state index contributed by atoms with van der Waals surface area (Å²) in [6.45, 7) is -0.447. The Kier molecular flexibility index (Phi) is 31.1. The van der Waals surface area contributed by atoms with E-state index in [1.807, 2.05) is 0 Å². The molecule has 0 aromatic heterocycles. The van der Waals surface area contributed by atoms with Gasteiger partial charge in [0.2, 0.25) is 0 Å². The van der Waals surface area contributed by atoms with Crippen molar-refractivity contribution in [2.24, 2.45) is 10.2 Å². The van der Waals surface area contributed by atoms with Gasteiger partial charge in [-0.15, -0.1) is 0 Å². The molecule has 0 aliphatic rings. The van der Waals surface area contributed by atoms with Gasteiger partial charge in [0.1, 0.15) is 65.1 Å². The fourth-order valence-corrected chi connectivity index (χ4v) is 16.2. The predicted molar refractivity (Wildman–Crippen MR) is 446 cm³/mol. The second-order valence-electron chi connectivity index (χ2n) is 22.6. The lowest BCUT2D eigenvalue weighted by Gasteiger charge is -2.25. The Balaban J connectivity index is 0.817. The van der Waals surface area contributed by atoms with Crippen molar-refractivity contribution >= 4 is 279 Å². The molecule has 0 atom stereocenters. The number of halogens is 6. The fourth-order valence-electron chi connectivity index (χ4n) is 9.66. The van der Waals surface area contributed by atoms with Crippen LogP contribution in [0.3, 0.4) is 0 Å². The van der Waals surface area contributed by atoms with Gasteiger partial charge in [-0.3, -0.25) is 9.59 Å². The molecule has 0 aliphatic carbocycles. The van der Waals surface area contributed by atoms with Gasteiger partial charge in [0.15, 0.2) is 10.2 Å². The maximum absolute atomic E-state index is 13.2. The molecule has 0 heterocycles. The maximum atomic E-state index is 13.2. The number of carbonyl (C=O) groups excluding carboxylic acids is 2. The van der Waals surface area contributed by atoms with Crippen LogP contribution in [-0.4, -0.2) is 133 Å². The van der Waals surface area contributed by atoms with Crippen molar-refractivity contribution in [1.82, 2.24) is 10.9 Å². The number of benzene rings is 8. The highest BCUT2D eigenvalue weighted by Gasteiger charge is 2.22. The first kappa shape index (κ1) is 87.0. The zero-order valence-electron chi connectivity index (χ0n) is 55.3. The molecule has 8 aromatic carbocycles. The molecule has 0 saturated carbocycles. The van der Waals surface area contributed by atoms with Crippen molar-refractivity contribution in [3.63, 3.8) is 0 Å². The summed E-state index contributed by atoms with van der Waals surface area (Å²) in [6, 6.07) is 33.3. The Hall–Kier alpha value is -7.62. The molecule has 8 aromatic rings. The molecule has 0 bridgehead atoms. The first-order valence-electron chi connectivity index (χ1n) is 30.9. The second kappa shape index (κ2) is 39.0. The van der Waals surface area contributed by atoms with Crippen LogP contribution in [-0.2, 0) is 54.8 Å². The number of carbonyl (C=O) groups is 2. The van der Waals surface area contributed by atoms with E-state index in [0.29, 0.717) is 63.3 Å². The van der Waals surface area contributed by atoms with Crippen LogP contribution in [0.15, 0.2) is 193 Å². The van der Waals surface area contributed by atoms with Crippen molar-refractivity contribution < 1.29 is 76.4 Å². The average molecular weight is 1930 g/mol. The molecule has 109 heavy (non-hydrogen) atoms. The SMILES string of the molecule is O=C(CN(C(=S)Nc1ccc(/C=C/c2ccc(NC(=S)CCCOCCCC(=S)Nc3ccc(/C=C/c4ccc(NC(=S)N(CC(=O)N/N=C\c5cc(Br)c(O)c(Br)c5)c5ccc(Cl)cc5)cc4S(=O)(=O)[O-])c(S(=O)(=O)[O-])c3)cc2S(=O)(=O)[O-])c(S(=O)(=O)[O-])c1)c1ccc(Cl)cc1)N/N=C\c1cc(Br)c(O)c(Br)c1. The predicted octanol–water partition coefficient (Wildman–Crippen LogP) is 13.9. The minimum absolute atomic E-state index is 0.00312. The van der Waals surface area contributed by atoms with Crippen molar-refractivity contribution in [2.45, 2.75) is 45.3 Å². The minimum atomic E-state index is -5.24.